The molecular weight excluding hydrogens is 340 g/mol. The van der Waals surface area contributed by atoms with Crippen molar-refractivity contribution in [2.24, 2.45) is 0 Å². The molecule has 3 heterocycles. The second-order valence-corrected chi connectivity index (χ2v) is 7.51. The summed E-state index contributed by atoms with van der Waals surface area (Å²) in [5.74, 6) is 2.68. The molecule has 0 N–H and O–H groups in total. The highest BCUT2D eigenvalue weighted by atomic mass is 16.2. The Morgan fingerprint density at radius 1 is 1.19 bits per heavy atom. The molecule has 2 fully saturated rings. The molecule has 0 aromatic carbocycles. The van der Waals surface area contributed by atoms with Crippen molar-refractivity contribution in [1.29, 1.82) is 0 Å². The molecule has 0 spiro atoms. The highest BCUT2D eigenvalue weighted by Crippen LogP contribution is 2.38. The topological polar surface area (TPSA) is 75.1 Å². The molecular formula is C20H26N6O. The van der Waals surface area contributed by atoms with Gasteiger partial charge in [0.2, 0.25) is 5.91 Å². The van der Waals surface area contributed by atoms with Crippen LogP contribution in [0, 0.1) is 0 Å². The Balaban J connectivity index is 1.43. The highest BCUT2D eigenvalue weighted by Gasteiger charge is 2.28. The average molecular weight is 366 g/mol. The van der Waals surface area contributed by atoms with E-state index in [-0.39, 0.29) is 11.9 Å². The van der Waals surface area contributed by atoms with E-state index < -0.39 is 0 Å². The number of amides is 1. The Hall–Kier alpha value is -2.57. The van der Waals surface area contributed by atoms with Crippen LogP contribution >= 0.6 is 0 Å². The van der Waals surface area contributed by atoms with Gasteiger partial charge in [-0.3, -0.25) is 4.79 Å². The SMILES string of the molecule is CC(=O)N(Cc1cncnc1)[C@H]1CCCN(c2ccnc(C3CC3)n2)CC1. The van der Waals surface area contributed by atoms with E-state index in [1.54, 1.807) is 19.3 Å². The van der Waals surface area contributed by atoms with Crippen molar-refractivity contribution in [2.45, 2.75) is 57.5 Å². The Labute approximate surface area is 159 Å². The lowest BCUT2D eigenvalue weighted by molar-refractivity contribution is -0.132. The van der Waals surface area contributed by atoms with Gasteiger partial charge in [-0.25, -0.2) is 19.9 Å². The van der Waals surface area contributed by atoms with Gasteiger partial charge < -0.3 is 9.80 Å². The Morgan fingerprint density at radius 2 is 2.00 bits per heavy atom. The van der Waals surface area contributed by atoms with Crippen LogP contribution in [0.2, 0.25) is 0 Å². The monoisotopic (exact) mass is 366 g/mol. The van der Waals surface area contributed by atoms with Crippen LogP contribution < -0.4 is 4.90 Å². The number of hydrogen-bond donors (Lipinski definition) is 0. The molecule has 0 radical (unpaired) electrons. The number of carbonyl (C=O) groups excluding carboxylic acids is 1. The molecule has 0 unspecified atom stereocenters. The predicted molar refractivity (Wildman–Crippen MR) is 102 cm³/mol. The number of anilines is 1. The minimum atomic E-state index is 0.107. The van der Waals surface area contributed by atoms with Gasteiger partial charge in [-0.2, -0.15) is 0 Å². The first-order valence-electron chi connectivity index (χ1n) is 9.79. The van der Waals surface area contributed by atoms with Gasteiger partial charge in [0.25, 0.3) is 0 Å². The summed E-state index contributed by atoms with van der Waals surface area (Å²) in [7, 11) is 0. The molecule has 2 aromatic heterocycles. The number of hydrogen-bond acceptors (Lipinski definition) is 6. The van der Waals surface area contributed by atoms with Crippen LogP contribution in [-0.4, -0.2) is 49.9 Å². The van der Waals surface area contributed by atoms with E-state index in [1.165, 1.54) is 19.2 Å². The zero-order valence-corrected chi connectivity index (χ0v) is 15.8. The fraction of sp³-hybridized carbons (Fsp3) is 0.550. The summed E-state index contributed by atoms with van der Waals surface area (Å²) < 4.78 is 0. The predicted octanol–water partition coefficient (Wildman–Crippen LogP) is 2.55. The van der Waals surface area contributed by atoms with E-state index in [2.05, 4.69) is 19.9 Å². The van der Waals surface area contributed by atoms with Crippen molar-refractivity contribution in [3.8, 4) is 0 Å². The van der Waals surface area contributed by atoms with E-state index >= 15 is 0 Å². The van der Waals surface area contributed by atoms with Crippen LogP contribution in [0.5, 0.6) is 0 Å². The third-order valence-corrected chi connectivity index (χ3v) is 5.44. The number of rotatable bonds is 5. The normalized spacial score (nSPS) is 20.2. The second kappa shape index (κ2) is 7.98. The molecule has 7 heteroatoms. The van der Waals surface area contributed by atoms with E-state index in [9.17, 15) is 4.79 Å². The van der Waals surface area contributed by atoms with E-state index in [1.807, 2.05) is 17.2 Å². The third-order valence-electron chi connectivity index (χ3n) is 5.44. The van der Waals surface area contributed by atoms with Crippen molar-refractivity contribution in [3.05, 3.63) is 42.4 Å². The molecule has 1 saturated heterocycles. The number of carbonyl (C=O) groups is 1. The zero-order valence-electron chi connectivity index (χ0n) is 15.8. The van der Waals surface area contributed by atoms with Gasteiger partial charge in [0, 0.05) is 62.7 Å². The van der Waals surface area contributed by atoms with Gasteiger partial charge in [0.1, 0.15) is 18.0 Å². The van der Waals surface area contributed by atoms with E-state index in [4.69, 9.17) is 4.98 Å². The fourth-order valence-corrected chi connectivity index (χ4v) is 3.80. The Morgan fingerprint density at radius 3 is 2.74 bits per heavy atom. The summed E-state index contributed by atoms with van der Waals surface area (Å²) in [4.78, 5) is 34.0. The number of aromatic nitrogens is 4. The molecule has 1 saturated carbocycles. The van der Waals surface area contributed by atoms with Gasteiger partial charge in [-0.15, -0.1) is 0 Å². The van der Waals surface area contributed by atoms with Crippen LogP contribution in [0.3, 0.4) is 0 Å². The van der Waals surface area contributed by atoms with E-state index in [0.717, 1.165) is 49.6 Å². The molecule has 4 rings (SSSR count). The molecule has 7 nitrogen and oxygen atoms in total. The average Bonchev–Trinajstić information content (AvgIpc) is 3.54. The standard InChI is InChI=1S/C20H26N6O/c1-15(27)26(13-16-11-21-14-22-12-16)18-3-2-9-25(10-7-18)19-6-8-23-20(24-19)17-4-5-17/h6,8,11-12,14,17-18H,2-5,7,9-10,13H2,1H3/t18-/m0/s1. The van der Waals surface area contributed by atoms with Crippen molar-refractivity contribution < 1.29 is 4.79 Å². The highest BCUT2D eigenvalue weighted by molar-refractivity contribution is 5.73. The van der Waals surface area contributed by atoms with Gasteiger partial charge in [-0.05, 0) is 38.2 Å². The third kappa shape index (κ3) is 4.40. The zero-order chi connectivity index (χ0) is 18.6. The van der Waals surface area contributed by atoms with Crippen molar-refractivity contribution in [2.75, 3.05) is 18.0 Å². The molecule has 0 bridgehead atoms. The van der Waals surface area contributed by atoms with Crippen LogP contribution in [0.1, 0.15) is 56.3 Å². The molecule has 1 amide bonds. The largest absolute Gasteiger partial charge is 0.356 e. The molecule has 1 atom stereocenters. The summed E-state index contributed by atoms with van der Waals surface area (Å²) in [6.07, 6.45) is 12.4. The molecule has 142 valence electrons. The van der Waals surface area contributed by atoms with Gasteiger partial charge in [0.05, 0.1) is 0 Å². The first-order valence-corrected chi connectivity index (χ1v) is 9.79. The Bertz CT molecular complexity index is 779. The first-order chi connectivity index (χ1) is 13.2. The fourth-order valence-electron chi connectivity index (χ4n) is 3.80. The van der Waals surface area contributed by atoms with Crippen LogP contribution in [0.4, 0.5) is 5.82 Å². The lowest BCUT2D eigenvalue weighted by Crippen LogP contribution is -2.39. The lowest BCUT2D eigenvalue weighted by Gasteiger charge is -2.30. The quantitative estimate of drug-likeness (QED) is 0.809. The smallest absolute Gasteiger partial charge is 0.219 e. The van der Waals surface area contributed by atoms with E-state index in [0.29, 0.717) is 12.5 Å². The lowest BCUT2D eigenvalue weighted by atomic mass is 10.1. The van der Waals surface area contributed by atoms with Gasteiger partial charge in [0.15, 0.2) is 0 Å². The summed E-state index contributed by atoms with van der Waals surface area (Å²) in [6.45, 7) is 4.09. The van der Waals surface area contributed by atoms with Gasteiger partial charge >= 0.3 is 0 Å². The minimum absolute atomic E-state index is 0.107. The summed E-state index contributed by atoms with van der Waals surface area (Å²) in [5.41, 5.74) is 0.971. The maximum atomic E-state index is 12.3. The van der Waals surface area contributed by atoms with Crippen LogP contribution in [0.15, 0.2) is 31.0 Å². The van der Waals surface area contributed by atoms with Crippen LogP contribution in [0.25, 0.3) is 0 Å². The first kappa shape index (κ1) is 17.8. The summed E-state index contributed by atoms with van der Waals surface area (Å²) in [5, 5.41) is 0. The molecule has 2 aromatic rings. The maximum Gasteiger partial charge on any atom is 0.219 e. The number of nitrogens with zero attached hydrogens (tertiary/aromatic N) is 6. The van der Waals surface area contributed by atoms with Crippen molar-refractivity contribution in [1.82, 2.24) is 24.8 Å². The summed E-state index contributed by atoms with van der Waals surface area (Å²) >= 11 is 0. The molecule has 2 aliphatic rings. The maximum absolute atomic E-state index is 12.3. The molecule has 1 aliphatic heterocycles. The van der Waals surface area contributed by atoms with Crippen LogP contribution in [-0.2, 0) is 11.3 Å². The summed E-state index contributed by atoms with van der Waals surface area (Å²) in [6, 6.07) is 2.24. The second-order valence-electron chi connectivity index (χ2n) is 7.51. The minimum Gasteiger partial charge on any atom is -0.356 e. The Kier molecular flexibility index (Phi) is 5.27. The van der Waals surface area contributed by atoms with Crippen molar-refractivity contribution >= 4 is 11.7 Å². The van der Waals surface area contributed by atoms with Crippen molar-refractivity contribution in [3.63, 3.8) is 0 Å². The molecule has 27 heavy (non-hydrogen) atoms. The van der Waals surface area contributed by atoms with Gasteiger partial charge in [-0.1, -0.05) is 0 Å². The molecule has 1 aliphatic carbocycles.